The molecule has 3 heterocycles. The van der Waals surface area contributed by atoms with E-state index in [4.69, 9.17) is 11.6 Å². The van der Waals surface area contributed by atoms with Crippen molar-refractivity contribution in [1.29, 1.82) is 0 Å². The molecule has 0 spiro atoms. The standard InChI is InChI=1S/C16H15ClN4O2/c1-9-3-4-18-6-12(9)15-14-11(5-13(17)20-15)16(23)21(8-19-14)10(2)7-22/h3-6,8,10,22H,7H2,1-2H3/t10-/m0/s1. The predicted molar refractivity (Wildman–Crippen MR) is 88.6 cm³/mol. The number of aromatic nitrogens is 4. The van der Waals surface area contributed by atoms with Gasteiger partial charge in [-0.2, -0.15) is 0 Å². The van der Waals surface area contributed by atoms with E-state index in [1.54, 1.807) is 19.3 Å². The molecule has 0 fully saturated rings. The second-order valence-electron chi connectivity index (χ2n) is 5.37. The number of halogens is 1. The fourth-order valence-electron chi connectivity index (χ4n) is 2.41. The number of rotatable bonds is 3. The highest BCUT2D eigenvalue weighted by Crippen LogP contribution is 2.28. The van der Waals surface area contributed by atoms with Crippen LogP contribution in [0.1, 0.15) is 18.5 Å². The molecule has 0 saturated carbocycles. The van der Waals surface area contributed by atoms with Crippen molar-refractivity contribution in [3.05, 3.63) is 51.9 Å². The normalized spacial score (nSPS) is 12.5. The highest BCUT2D eigenvalue weighted by atomic mass is 35.5. The summed E-state index contributed by atoms with van der Waals surface area (Å²) in [5, 5.41) is 9.85. The van der Waals surface area contributed by atoms with E-state index in [1.165, 1.54) is 17.0 Å². The number of fused-ring (bicyclic) bond motifs is 1. The minimum atomic E-state index is -0.366. The number of hydrogen-bond donors (Lipinski definition) is 1. The Morgan fingerprint density at radius 3 is 2.91 bits per heavy atom. The van der Waals surface area contributed by atoms with Gasteiger partial charge in [-0.15, -0.1) is 0 Å². The summed E-state index contributed by atoms with van der Waals surface area (Å²) in [5.74, 6) is 0. The van der Waals surface area contributed by atoms with Gasteiger partial charge < -0.3 is 5.11 Å². The molecule has 0 aliphatic heterocycles. The maximum atomic E-state index is 12.7. The van der Waals surface area contributed by atoms with Crippen LogP contribution in [0.15, 0.2) is 35.6 Å². The smallest absolute Gasteiger partial charge is 0.261 e. The molecule has 3 aromatic heterocycles. The first-order valence-electron chi connectivity index (χ1n) is 7.12. The Balaban J connectivity index is 2.36. The van der Waals surface area contributed by atoms with Crippen LogP contribution in [0.25, 0.3) is 22.2 Å². The second-order valence-corrected chi connectivity index (χ2v) is 5.76. The molecule has 3 aromatic rings. The van der Waals surface area contributed by atoms with Crippen molar-refractivity contribution in [2.45, 2.75) is 19.9 Å². The van der Waals surface area contributed by atoms with Crippen LogP contribution >= 0.6 is 11.6 Å². The van der Waals surface area contributed by atoms with Crippen LogP contribution in [0.2, 0.25) is 5.15 Å². The quantitative estimate of drug-likeness (QED) is 0.746. The summed E-state index contributed by atoms with van der Waals surface area (Å²) < 4.78 is 1.39. The van der Waals surface area contributed by atoms with E-state index in [-0.39, 0.29) is 23.4 Å². The van der Waals surface area contributed by atoms with Crippen LogP contribution in [0.4, 0.5) is 0 Å². The molecule has 1 N–H and O–H groups in total. The SMILES string of the molecule is Cc1ccncc1-c1nc(Cl)cc2c(=O)n([C@@H](C)CO)cnc12. The summed E-state index contributed by atoms with van der Waals surface area (Å²) in [6, 6.07) is 3.00. The zero-order valence-corrected chi connectivity index (χ0v) is 13.4. The summed E-state index contributed by atoms with van der Waals surface area (Å²) in [5.41, 5.74) is 2.48. The third-order valence-electron chi connectivity index (χ3n) is 3.77. The molecule has 6 nitrogen and oxygen atoms in total. The fraction of sp³-hybridized carbons (Fsp3) is 0.250. The van der Waals surface area contributed by atoms with Crippen LogP contribution in [0.5, 0.6) is 0 Å². The predicted octanol–water partition coefficient (Wildman–Crippen LogP) is 2.37. The first kappa shape index (κ1) is 15.6. The average molecular weight is 331 g/mol. The van der Waals surface area contributed by atoms with Gasteiger partial charge in [0.2, 0.25) is 0 Å². The van der Waals surface area contributed by atoms with Crippen molar-refractivity contribution in [2.75, 3.05) is 6.61 Å². The molecule has 0 aliphatic carbocycles. The van der Waals surface area contributed by atoms with E-state index < -0.39 is 0 Å². The minimum Gasteiger partial charge on any atom is -0.394 e. The van der Waals surface area contributed by atoms with Gasteiger partial charge in [-0.3, -0.25) is 14.3 Å². The number of pyridine rings is 2. The van der Waals surface area contributed by atoms with Gasteiger partial charge in [0.1, 0.15) is 16.4 Å². The highest BCUT2D eigenvalue weighted by Gasteiger charge is 2.16. The minimum absolute atomic E-state index is 0.152. The molecular weight excluding hydrogens is 316 g/mol. The largest absolute Gasteiger partial charge is 0.394 e. The number of aliphatic hydroxyl groups excluding tert-OH is 1. The van der Waals surface area contributed by atoms with E-state index >= 15 is 0 Å². The molecule has 0 aliphatic rings. The molecule has 0 aromatic carbocycles. The summed E-state index contributed by atoms with van der Waals surface area (Å²) >= 11 is 6.11. The van der Waals surface area contributed by atoms with E-state index in [2.05, 4.69) is 15.0 Å². The lowest BCUT2D eigenvalue weighted by molar-refractivity contribution is 0.236. The Morgan fingerprint density at radius 2 is 2.22 bits per heavy atom. The Labute approximate surface area is 137 Å². The van der Waals surface area contributed by atoms with Crippen LogP contribution in [-0.2, 0) is 0 Å². The molecule has 118 valence electrons. The molecule has 0 unspecified atom stereocenters. The third kappa shape index (κ3) is 2.71. The van der Waals surface area contributed by atoms with Gasteiger partial charge in [0.25, 0.3) is 5.56 Å². The van der Waals surface area contributed by atoms with Gasteiger partial charge in [-0.25, -0.2) is 9.97 Å². The fourth-order valence-corrected chi connectivity index (χ4v) is 2.61. The first-order valence-corrected chi connectivity index (χ1v) is 7.50. The van der Waals surface area contributed by atoms with Gasteiger partial charge >= 0.3 is 0 Å². The van der Waals surface area contributed by atoms with Crippen molar-refractivity contribution >= 4 is 22.5 Å². The molecule has 0 radical (unpaired) electrons. The lowest BCUT2D eigenvalue weighted by Gasteiger charge is -2.14. The summed E-state index contributed by atoms with van der Waals surface area (Å²) in [4.78, 5) is 25.5. The molecule has 7 heteroatoms. The van der Waals surface area contributed by atoms with Gasteiger partial charge in [-0.1, -0.05) is 11.6 Å². The summed E-state index contributed by atoms with van der Waals surface area (Å²) in [7, 11) is 0. The first-order chi connectivity index (χ1) is 11.0. The molecule has 1 atom stereocenters. The molecule has 23 heavy (non-hydrogen) atoms. The number of nitrogens with zero attached hydrogens (tertiary/aromatic N) is 4. The van der Waals surface area contributed by atoms with Crippen molar-refractivity contribution in [1.82, 2.24) is 19.5 Å². The Kier molecular flexibility index (Phi) is 4.11. The van der Waals surface area contributed by atoms with Crippen LogP contribution in [0.3, 0.4) is 0 Å². The van der Waals surface area contributed by atoms with E-state index in [9.17, 15) is 9.90 Å². The Bertz CT molecular complexity index is 939. The number of hydrogen-bond acceptors (Lipinski definition) is 5. The maximum Gasteiger partial charge on any atom is 0.261 e. The lowest BCUT2D eigenvalue weighted by Crippen LogP contribution is -2.25. The van der Waals surface area contributed by atoms with Crippen LogP contribution in [0, 0.1) is 6.92 Å². The lowest BCUT2D eigenvalue weighted by atomic mass is 10.1. The molecule has 0 bridgehead atoms. The topological polar surface area (TPSA) is 80.9 Å². The maximum absolute atomic E-state index is 12.7. The molecular formula is C16H15ClN4O2. The van der Waals surface area contributed by atoms with Gasteiger partial charge in [-0.05, 0) is 31.5 Å². The molecule has 3 rings (SSSR count). The van der Waals surface area contributed by atoms with E-state index in [0.717, 1.165) is 11.1 Å². The van der Waals surface area contributed by atoms with Crippen molar-refractivity contribution in [2.24, 2.45) is 0 Å². The van der Waals surface area contributed by atoms with Crippen molar-refractivity contribution in [3.8, 4) is 11.3 Å². The molecule has 0 amide bonds. The van der Waals surface area contributed by atoms with E-state index in [1.807, 2.05) is 13.0 Å². The Hall–Kier alpha value is -2.31. The van der Waals surface area contributed by atoms with Gasteiger partial charge in [0.05, 0.1) is 24.4 Å². The van der Waals surface area contributed by atoms with E-state index in [0.29, 0.717) is 16.6 Å². The molecule has 0 saturated heterocycles. The summed E-state index contributed by atoms with van der Waals surface area (Å²) in [6.07, 6.45) is 4.79. The van der Waals surface area contributed by atoms with Gasteiger partial charge in [0.15, 0.2) is 0 Å². The number of aliphatic hydroxyl groups is 1. The second kappa shape index (κ2) is 6.06. The number of aryl methyl sites for hydroxylation is 1. The Morgan fingerprint density at radius 1 is 1.43 bits per heavy atom. The zero-order chi connectivity index (χ0) is 16.6. The summed E-state index contributed by atoms with van der Waals surface area (Å²) in [6.45, 7) is 3.52. The van der Waals surface area contributed by atoms with Crippen molar-refractivity contribution < 1.29 is 5.11 Å². The zero-order valence-electron chi connectivity index (χ0n) is 12.7. The van der Waals surface area contributed by atoms with Crippen molar-refractivity contribution in [3.63, 3.8) is 0 Å². The van der Waals surface area contributed by atoms with Gasteiger partial charge in [0, 0.05) is 18.0 Å². The highest BCUT2D eigenvalue weighted by molar-refractivity contribution is 6.30. The average Bonchev–Trinajstić information content (AvgIpc) is 2.55. The third-order valence-corrected chi connectivity index (χ3v) is 3.96. The monoisotopic (exact) mass is 330 g/mol. The van der Waals surface area contributed by atoms with Crippen LogP contribution < -0.4 is 5.56 Å². The van der Waals surface area contributed by atoms with Crippen LogP contribution in [-0.4, -0.2) is 31.2 Å².